The number of nitrogens with one attached hydrogen (secondary N) is 1. The Morgan fingerprint density at radius 2 is 0.902 bits per heavy atom. The smallest absolute Gasteiger partial charge is 0.335 e. The van der Waals surface area contributed by atoms with Gasteiger partial charge in [-0.1, -0.05) is 16.9 Å². The lowest BCUT2D eigenvalue weighted by molar-refractivity contribution is -0.198. The molecular formula is C39H65N3O17S2. The normalized spacial score (nSPS) is 12.8. The molecule has 2 heterocycles. The first-order valence-electron chi connectivity index (χ1n) is 20.5. The van der Waals surface area contributed by atoms with E-state index in [9.17, 15) is 19.2 Å². The highest BCUT2D eigenvalue weighted by atomic mass is 33.1. The summed E-state index contributed by atoms with van der Waals surface area (Å²) in [6, 6.07) is 5.76. The Bertz CT molecular complexity index is 1220. The Morgan fingerprint density at radius 1 is 0.525 bits per heavy atom. The molecule has 0 aliphatic carbocycles. The molecule has 0 radical (unpaired) electrons. The number of hydrogen-bond acceptors (Lipinski definition) is 20. The summed E-state index contributed by atoms with van der Waals surface area (Å²) in [6.45, 7) is 10.7. The fraction of sp³-hybridized carbons (Fsp3) is 0.769. The third kappa shape index (κ3) is 34.6. The van der Waals surface area contributed by atoms with Crippen LogP contribution in [0.25, 0.3) is 0 Å². The topological polar surface area (TPSA) is 216 Å². The quantitative estimate of drug-likeness (QED) is 0.0558. The standard InChI is InChI=1S/C39H65N3O17S2/c43-35(7-34-60-61-36-3-1-2-8-41-36)40-9-11-48-13-15-50-17-19-52-21-23-54-25-27-56-29-31-58-33-32-57-30-28-55-26-24-53-22-20-51-18-16-49-14-12-47-10-6-39(46)59-42-37(44)4-5-38(42)45/h1-3,8H,4-7,9-34H2,(H,40,43). The highest BCUT2D eigenvalue weighted by molar-refractivity contribution is 8.76. The first-order valence-corrected chi connectivity index (χ1v) is 22.8. The lowest BCUT2D eigenvalue weighted by Crippen LogP contribution is -2.32. The molecule has 1 aliphatic heterocycles. The van der Waals surface area contributed by atoms with Gasteiger partial charge in [0, 0.05) is 37.8 Å². The van der Waals surface area contributed by atoms with E-state index in [1.165, 1.54) is 0 Å². The maximum absolute atomic E-state index is 11.9. The molecule has 1 saturated heterocycles. The Kier molecular flexibility index (Phi) is 37.1. The molecule has 3 amide bonds. The second-order valence-corrected chi connectivity index (χ2v) is 14.8. The zero-order valence-electron chi connectivity index (χ0n) is 35.2. The minimum atomic E-state index is -0.703. The second-order valence-electron chi connectivity index (χ2n) is 12.3. The third-order valence-corrected chi connectivity index (χ3v) is 9.77. The largest absolute Gasteiger partial charge is 0.378 e. The van der Waals surface area contributed by atoms with E-state index in [1.807, 2.05) is 18.2 Å². The number of carbonyl (C=O) groups is 4. The molecule has 1 fully saturated rings. The van der Waals surface area contributed by atoms with E-state index in [0.717, 1.165) is 5.03 Å². The molecular weight excluding hydrogens is 847 g/mol. The monoisotopic (exact) mass is 911 g/mol. The summed E-state index contributed by atoms with van der Waals surface area (Å²) in [7, 11) is 3.17. The van der Waals surface area contributed by atoms with Gasteiger partial charge >= 0.3 is 5.97 Å². The van der Waals surface area contributed by atoms with Crippen molar-refractivity contribution >= 4 is 45.3 Å². The predicted molar refractivity (Wildman–Crippen MR) is 222 cm³/mol. The number of aromatic nitrogens is 1. The average molecular weight is 912 g/mol. The molecule has 22 heteroatoms. The van der Waals surface area contributed by atoms with Gasteiger partial charge in [0.05, 0.1) is 165 Å². The Hall–Kier alpha value is -2.55. The number of carbonyl (C=O) groups excluding carboxylic acids is 4. The maximum Gasteiger partial charge on any atom is 0.335 e. The summed E-state index contributed by atoms with van der Waals surface area (Å²) in [5, 5.41) is 4.30. The van der Waals surface area contributed by atoms with Crippen molar-refractivity contribution in [3.05, 3.63) is 24.4 Å². The minimum absolute atomic E-state index is 0.00793. The van der Waals surface area contributed by atoms with Crippen LogP contribution in [0, 0.1) is 0 Å². The number of amides is 3. The Morgan fingerprint density at radius 3 is 1.28 bits per heavy atom. The van der Waals surface area contributed by atoms with Crippen molar-refractivity contribution in [1.82, 2.24) is 15.4 Å². The fourth-order valence-corrected chi connectivity index (χ4v) is 6.33. The molecule has 0 saturated carbocycles. The number of rotatable bonds is 45. The van der Waals surface area contributed by atoms with Gasteiger partial charge in [-0.05, 0) is 22.9 Å². The Labute approximate surface area is 366 Å². The summed E-state index contributed by atoms with van der Waals surface area (Å²) in [5.41, 5.74) is 0. The van der Waals surface area contributed by atoms with Gasteiger partial charge in [-0.25, -0.2) is 9.78 Å². The van der Waals surface area contributed by atoms with Crippen LogP contribution in [0.3, 0.4) is 0 Å². The van der Waals surface area contributed by atoms with Gasteiger partial charge in [0.25, 0.3) is 11.8 Å². The lowest BCUT2D eigenvalue weighted by atomic mass is 10.4. The van der Waals surface area contributed by atoms with Crippen LogP contribution in [-0.2, 0) is 80.9 Å². The Balaban J connectivity index is 1.13. The fourth-order valence-electron chi connectivity index (χ4n) is 4.47. The highest BCUT2D eigenvalue weighted by Crippen LogP contribution is 2.29. The minimum Gasteiger partial charge on any atom is -0.378 e. The molecule has 350 valence electrons. The number of hydroxylamine groups is 2. The van der Waals surface area contributed by atoms with Crippen molar-refractivity contribution in [2.75, 3.05) is 171 Å². The van der Waals surface area contributed by atoms with Crippen LogP contribution in [0.2, 0.25) is 0 Å². The van der Waals surface area contributed by atoms with Gasteiger partial charge < -0.3 is 67.0 Å². The molecule has 0 bridgehead atoms. The van der Waals surface area contributed by atoms with Crippen LogP contribution < -0.4 is 5.32 Å². The van der Waals surface area contributed by atoms with E-state index in [4.69, 9.17) is 61.7 Å². The van der Waals surface area contributed by atoms with Gasteiger partial charge in [0.1, 0.15) is 5.03 Å². The number of ether oxygens (including phenoxy) is 12. The predicted octanol–water partition coefficient (Wildman–Crippen LogP) is 1.52. The molecule has 20 nitrogen and oxygen atoms in total. The van der Waals surface area contributed by atoms with E-state index >= 15 is 0 Å². The molecule has 61 heavy (non-hydrogen) atoms. The van der Waals surface area contributed by atoms with Gasteiger partial charge in [-0.3, -0.25) is 14.4 Å². The molecule has 1 aromatic rings. The van der Waals surface area contributed by atoms with Crippen LogP contribution in [-0.4, -0.2) is 205 Å². The van der Waals surface area contributed by atoms with Gasteiger partial charge in [0.15, 0.2) is 0 Å². The van der Waals surface area contributed by atoms with Crippen LogP contribution in [0.4, 0.5) is 0 Å². The summed E-state index contributed by atoms with van der Waals surface area (Å²) in [4.78, 5) is 55.4. The van der Waals surface area contributed by atoms with E-state index < -0.39 is 17.8 Å². The molecule has 2 rings (SSSR count). The van der Waals surface area contributed by atoms with Crippen LogP contribution in [0.1, 0.15) is 25.7 Å². The average Bonchev–Trinajstić information content (AvgIpc) is 3.58. The number of hydrogen-bond donors (Lipinski definition) is 1. The zero-order chi connectivity index (χ0) is 43.5. The van der Waals surface area contributed by atoms with Gasteiger partial charge in [0.2, 0.25) is 5.91 Å². The molecule has 0 aromatic carbocycles. The maximum atomic E-state index is 11.9. The SMILES string of the molecule is O=C(CCSSc1ccccn1)NCCOCCOCCOCCOCCOCCOCCOCCOCCOCCOCCOCCOCCC(=O)ON1C(=O)CCC1=O. The van der Waals surface area contributed by atoms with Crippen LogP contribution in [0.5, 0.6) is 0 Å². The number of pyridine rings is 1. The van der Waals surface area contributed by atoms with Crippen molar-refractivity contribution in [2.45, 2.75) is 30.7 Å². The first-order chi connectivity index (χ1) is 30.1. The van der Waals surface area contributed by atoms with Crippen molar-refractivity contribution in [1.29, 1.82) is 0 Å². The first kappa shape index (κ1) is 54.6. The third-order valence-electron chi connectivity index (χ3n) is 7.50. The summed E-state index contributed by atoms with van der Waals surface area (Å²) in [6.07, 6.45) is 2.24. The second kappa shape index (κ2) is 41.5. The van der Waals surface area contributed by atoms with E-state index in [1.54, 1.807) is 27.8 Å². The van der Waals surface area contributed by atoms with Crippen molar-refractivity contribution in [3.8, 4) is 0 Å². The van der Waals surface area contributed by atoms with Crippen LogP contribution in [0.15, 0.2) is 29.4 Å². The van der Waals surface area contributed by atoms with Crippen LogP contribution >= 0.6 is 21.6 Å². The molecule has 0 spiro atoms. The van der Waals surface area contributed by atoms with Gasteiger partial charge in [-0.2, -0.15) is 0 Å². The van der Waals surface area contributed by atoms with E-state index in [-0.39, 0.29) is 38.4 Å². The zero-order valence-corrected chi connectivity index (χ0v) is 36.8. The summed E-state index contributed by atoms with van der Waals surface area (Å²) in [5.74, 6) is -1.01. The summed E-state index contributed by atoms with van der Waals surface area (Å²) < 4.78 is 65.4. The van der Waals surface area contributed by atoms with Crippen molar-refractivity contribution in [3.63, 3.8) is 0 Å². The number of imide groups is 1. The number of nitrogens with zero attached hydrogens (tertiary/aromatic N) is 2. The molecule has 1 N–H and O–H groups in total. The van der Waals surface area contributed by atoms with E-state index in [2.05, 4.69) is 10.3 Å². The van der Waals surface area contributed by atoms with E-state index in [0.29, 0.717) is 169 Å². The lowest BCUT2D eigenvalue weighted by Gasteiger charge is -2.12. The molecule has 1 aliphatic rings. The van der Waals surface area contributed by atoms with Gasteiger partial charge in [-0.15, -0.1) is 5.06 Å². The summed E-state index contributed by atoms with van der Waals surface area (Å²) >= 11 is 0. The highest BCUT2D eigenvalue weighted by Gasteiger charge is 2.32. The van der Waals surface area contributed by atoms with Crippen molar-refractivity contribution in [2.24, 2.45) is 0 Å². The molecule has 0 unspecified atom stereocenters. The molecule has 1 aromatic heterocycles. The van der Waals surface area contributed by atoms with Crippen molar-refractivity contribution < 1.29 is 80.9 Å². The molecule has 0 atom stereocenters.